The Labute approximate surface area is 168 Å². The molecule has 0 unspecified atom stereocenters. The number of hydrogen-bond donors (Lipinski definition) is 3. The number of nitrogens with one attached hydrogen (secondary N) is 3. The van der Waals surface area contributed by atoms with E-state index in [0.29, 0.717) is 30.3 Å². The van der Waals surface area contributed by atoms with E-state index in [-0.39, 0.29) is 18.5 Å². The number of urea groups is 1. The third-order valence-corrected chi connectivity index (χ3v) is 4.62. The van der Waals surface area contributed by atoms with E-state index in [2.05, 4.69) is 20.9 Å². The third-order valence-electron chi connectivity index (χ3n) is 4.32. The van der Waals surface area contributed by atoms with Crippen molar-refractivity contribution in [3.05, 3.63) is 47.1 Å². The van der Waals surface area contributed by atoms with E-state index in [9.17, 15) is 9.59 Å². The number of anilines is 3. The van der Waals surface area contributed by atoms with Gasteiger partial charge in [-0.2, -0.15) is 0 Å². The first kappa shape index (κ1) is 19.8. The lowest BCUT2D eigenvalue weighted by molar-refractivity contribution is -0.120. The fourth-order valence-electron chi connectivity index (χ4n) is 3.01. The molecule has 0 radical (unpaired) electrons. The van der Waals surface area contributed by atoms with Crippen LogP contribution in [0.5, 0.6) is 0 Å². The van der Waals surface area contributed by atoms with Gasteiger partial charge in [-0.25, -0.2) is 9.78 Å². The molecule has 2 aromatic rings. The first-order valence-electron chi connectivity index (χ1n) is 8.91. The number of nitrogens with zero attached hydrogens (tertiary/aromatic N) is 3. The van der Waals surface area contributed by atoms with Gasteiger partial charge in [0.25, 0.3) is 0 Å². The second kappa shape index (κ2) is 8.79. The lowest BCUT2D eigenvalue weighted by Gasteiger charge is -2.29. The van der Waals surface area contributed by atoms with Gasteiger partial charge in [-0.15, -0.1) is 0 Å². The highest BCUT2D eigenvalue weighted by Gasteiger charge is 2.19. The summed E-state index contributed by atoms with van der Waals surface area (Å²) in [5, 5.41) is 8.86. The number of halogens is 1. The van der Waals surface area contributed by atoms with Crippen LogP contribution in [0.25, 0.3) is 0 Å². The van der Waals surface area contributed by atoms with Gasteiger partial charge >= 0.3 is 6.03 Å². The SMILES string of the molecule is CN(C)c1ncccc1CNC(=O)Nc1ccc(N2CCNC(=O)C2)c(Cl)c1. The number of carbonyl (C=O) groups excluding carboxylic acids is 2. The van der Waals surface area contributed by atoms with Crippen LogP contribution in [0, 0.1) is 0 Å². The Morgan fingerprint density at radius 1 is 1.36 bits per heavy atom. The molecule has 0 aliphatic carbocycles. The number of carbonyl (C=O) groups is 2. The van der Waals surface area contributed by atoms with Crippen molar-refractivity contribution < 1.29 is 9.59 Å². The molecule has 1 aromatic heterocycles. The highest BCUT2D eigenvalue weighted by molar-refractivity contribution is 6.33. The maximum absolute atomic E-state index is 12.2. The Morgan fingerprint density at radius 3 is 2.89 bits per heavy atom. The summed E-state index contributed by atoms with van der Waals surface area (Å²) in [7, 11) is 3.81. The van der Waals surface area contributed by atoms with Crippen LogP contribution >= 0.6 is 11.6 Å². The molecule has 1 saturated heterocycles. The second-order valence-corrected chi connectivity index (χ2v) is 7.03. The summed E-state index contributed by atoms with van der Waals surface area (Å²) in [4.78, 5) is 31.9. The zero-order valence-corrected chi connectivity index (χ0v) is 16.6. The average molecular weight is 403 g/mol. The van der Waals surface area contributed by atoms with E-state index in [1.54, 1.807) is 18.3 Å². The van der Waals surface area contributed by atoms with Crippen LogP contribution in [0.1, 0.15) is 5.56 Å². The lowest BCUT2D eigenvalue weighted by atomic mass is 10.2. The quantitative estimate of drug-likeness (QED) is 0.712. The normalized spacial score (nSPS) is 13.7. The topological polar surface area (TPSA) is 89.6 Å². The minimum atomic E-state index is -0.338. The van der Waals surface area contributed by atoms with Crippen molar-refractivity contribution in [2.45, 2.75) is 6.54 Å². The standard InChI is InChI=1S/C19H23ClN6O2/c1-25(2)18-13(4-3-7-22-18)11-23-19(28)24-14-5-6-16(15(20)10-14)26-9-8-21-17(27)12-26/h3-7,10H,8-9,11-12H2,1-2H3,(H,21,27)(H2,23,24,28). The summed E-state index contributed by atoms with van der Waals surface area (Å²) < 4.78 is 0. The van der Waals surface area contributed by atoms with Crippen molar-refractivity contribution in [1.29, 1.82) is 0 Å². The van der Waals surface area contributed by atoms with Crippen LogP contribution in [0.3, 0.4) is 0 Å². The molecule has 28 heavy (non-hydrogen) atoms. The predicted molar refractivity (Wildman–Crippen MR) is 111 cm³/mol. The zero-order chi connectivity index (χ0) is 20.1. The van der Waals surface area contributed by atoms with Crippen LogP contribution in [0.4, 0.5) is 22.0 Å². The summed E-state index contributed by atoms with van der Waals surface area (Å²) >= 11 is 6.36. The van der Waals surface area contributed by atoms with Crippen LogP contribution in [0.15, 0.2) is 36.5 Å². The molecule has 0 atom stereocenters. The van der Waals surface area contributed by atoms with Gasteiger partial charge in [-0.05, 0) is 24.3 Å². The van der Waals surface area contributed by atoms with Gasteiger partial charge in [0.1, 0.15) is 5.82 Å². The first-order chi connectivity index (χ1) is 13.4. The van der Waals surface area contributed by atoms with E-state index in [1.165, 1.54) is 0 Å². The van der Waals surface area contributed by atoms with Crippen molar-refractivity contribution in [1.82, 2.24) is 15.6 Å². The molecule has 1 fully saturated rings. The minimum absolute atomic E-state index is 0.0311. The van der Waals surface area contributed by atoms with Crippen LogP contribution in [-0.4, -0.2) is 50.7 Å². The van der Waals surface area contributed by atoms with Gasteiger partial charge in [-0.1, -0.05) is 17.7 Å². The number of piperazine rings is 1. The van der Waals surface area contributed by atoms with Gasteiger partial charge in [0.15, 0.2) is 0 Å². The fraction of sp³-hybridized carbons (Fsp3) is 0.316. The van der Waals surface area contributed by atoms with Crippen LogP contribution < -0.4 is 25.8 Å². The van der Waals surface area contributed by atoms with Crippen molar-refractivity contribution in [2.75, 3.05) is 48.8 Å². The zero-order valence-electron chi connectivity index (χ0n) is 15.8. The molecule has 0 saturated carbocycles. The van der Waals surface area contributed by atoms with Gasteiger partial charge in [-0.3, -0.25) is 4.79 Å². The van der Waals surface area contributed by atoms with Crippen molar-refractivity contribution >= 4 is 40.7 Å². The number of amides is 3. The van der Waals surface area contributed by atoms with Gasteiger partial charge in [0.2, 0.25) is 5.91 Å². The van der Waals surface area contributed by atoms with E-state index in [4.69, 9.17) is 11.6 Å². The Kier molecular flexibility index (Phi) is 6.20. The van der Waals surface area contributed by atoms with Gasteiger partial charge in [0, 0.05) is 51.2 Å². The predicted octanol–water partition coefficient (Wildman–Crippen LogP) is 2.06. The summed E-state index contributed by atoms with van der Waals surface area (Å²) in [5.41, 5.74) is 2.26. The highest BCUT2D eigenvalue weighted by Crippen LogP contribution is 2.29. The molecular formula is C19H23ClN6O2. The molecule has 1 aliphatic heterocycles. The van der Waals surface area contributed by atoms with Crippen LogP contribution in [-0.2, 0) is 11.3 Å². The monoisotopic (exact) mass is 402 g/mol. The Hall–Kier alpha value is -3.00. The number of aromatic nitrogens is 1. The Morgan fingerprint density at radius 2 is 2.18 bits per heavy atom. The van der Waals surface area contributed by atoms with E-state index < -0.39 is 0 Å². The molecule has 0 bridgehead atoms. The molecule has 3 amide bonds. The van der Waals surface area contributed by atoms with Gasteiger partial charge in [0.05, 0.1) is 17.3 Å². The van der Waals surface area contributed by atoms with E-state index in [0.717, 1.165) is 17.1 Å². The average Bonchev–Trinajstić information content (AvgIpc) is 2.66. The molecule has 148 valence electrons. The third kappa shape index (κ3) is 4.83. The summed E-state index contributed by atoms with van der Waals surface area (Å²) in [6.45, 7) is 1.90. The molecule has 9 heteroatoms. The van der Waals surface area contributed by atoms with Gasteiger partial charge < -0.3 is 25.8 Å². The molecule has 1 aliphatic rings. The molecule has 3 rings (SSSR count). The van der Waals surface area contributed by atoms with Crippen molar-refractivity contribution in [3.8, 4) is 0 Å². The highest BCUT2D eigenvalue weighted by atomic mass is 35.5. The molecule has 3 N–H and O–H groups in total. The maximum atomic E-state index is 12.2. The molecule has 1 aromatic carbocycles. The minimum Gasteiger partial charge on any atom is -0.362 e. The smallest absolute Gasteiger partial charge is 0.319 e. The first-order valence-corrected chi connectivity index (χ1v) is 9.29. The Bertz CT molecular complexity index is 873. The van der Waals surface area contributed by atoms with Crippen molar-refractivity contribution in [2.24, 2.45) is 0 Å². The number of benzene rings is 1. The molecule has 0 spiro atoms. The van der Waals surface area contributed by atoms with E-state index >= 15 is 0 Å². The summed E-state index contributed by atoms with van der Waals surface area (Å²) in [6, 6.07) is 8.67. The van der Waals surface area contributed by atoms with E-state index in [1.807, 2.05) is 42.1 Å². The fourth-order valence-corrected chi connectivity index (χ4v) is 3.31. The number of hydrogen-bond acceptors (Lipinski definition) is 5. The molecule has 2 heterocycles. The molecular weight excluding hydrogens is 380 g/mol. The second-order valence-electron chi connectivity index (χ2n) is 6.63. The number of rotatable bonds is 5. The lowest BCUT2D eigenvalue weighted by Crippen LogP contribution is -2.47. The van der Waals surface area contributed by atoms with Crippen LogP contribution in [0.2, 0.25) is 5.02 Å². The Balaban J connectivity index is 1.60. The maximum Gasteiger partial charge on any atom is 0.319 e. The molecule has 8 nitrogen and oxygen atoms in total. The van der Waals surface area contributed by atoms with Crippen molar-refractivity contribution in [3.63, 3.8) is 0 Å². The summed E-state index contributed by atoms with van der Waals surface area (Å²) in [5.74, 6) is 0.775. The number of pyridine rings is 1. The largest absolute Gasteiger partial charge is 0.362 e. The summed E-state index contributed by atoms with van der Waals surface area (Å²) in [6.07, 6.45) is 1.72.